The molecule has 0 bridgehead atoms. The Labute approximate surface area is 152 Å². The number of benzene rings is 2. The summed E-state index contributed by atoms with van der Waals surface area (Å²) in [4.78, 5) is 7.32. The molecule has 0 aliphatic rings. The molecule has 3 aromatic heterocycles. The first-order valence-corrected chi connectivity index (χ1v) is 9.06. The van der Waals surface area contributed by atoms with Crippen LogP contribution in [-0.2, 0) is 0 Å². The number of H-pyrrole nitrogens is 1. The lowest BCUT2D eigenvalue weighted by Gasteiger charge is -2.11. The fourth-order valence-electron chi connectivity index (χ4n) is 3.46. The van der Waals surface area contributed by atoms with Gasteiger partial charge in [0.2, 0.25) is 5.88 Å². The maximum absolute atomic E-state index is 10.6. The zero-order chi connectivity index (χ0) is 17.8. The Morgan fingerprint density at radius 1 is 1.12 bits per heavy atom. The topological polar surface area (TPSA) is 74.1 Å². The Kier molecular flexibility index (Phi) is 3.11. The SMILES string of the molecule is Cc1c(O)c(O)n(-c2ccc3nc[nH]c3c2)c1-c1csc2ccccc12. The van der Waals surface area contributed by atoms with E-state index in [2.05, 4.69) is 27.5 Å². The molecule has 0 amide bonds. The number of nitrogens with zero attached hydrogens (tertiary/aromatic N) is 2. The maximum Gasteiger partial charge on any atom is 0.240 e. The number of aromatic nitrogens is 3. The molecule has 0 saturated carbocycles. The molecule has 6 heteroatoms. The van der Waals surface area contributed by atoms with Crippen LogP contribution in [0.25, 0.3) is 38.1 Å². The second kappa shape index (κ2) is 5.37. The number of hydrogen-bond acceptors (Lipinski definition) is 4. The van der Waals surface area contributed by atoms with Gasteiger partial charge in [0.1, 0.15) is 0 Å². The van der Waals surface area contributed by atoms with Crippen molar-refractivity contribution < 1.29 is 10.2 Å². The van der Waals surface area contributed by atoms with Crippen LogP contribution in [-0.4, -0.2) is 24.7 Å². The van der Waals surface area contributed by atoms with E-state index in [0.29, 0.717) is 5.56 Å². The van der Waals surface area contributed by atoms with Crippen molar-refractivity contribution in [2.24, 2.45) is 0 Å². The molecule has 5 rings (SSSR count). The highest BCUT2D eigenvalue weighted by molar-refractivity contribution is 7.17. The van der Waals surface area contributed by atoms with Gasteiger partial charge in [-0.15, -0.1) is 11.3 Å². The molecule has 0 atom stereocenters. The molecule has 0 aliphatic carbocycles. The minimum absolute atomic E-state index is 0.0972. The van der Waals surface area contributed by atoms with Crippen LogP contribution in [0.3, 0.4) is 0 Å². The van der Waals surface area contributed by atoms with Crippen molar-refractivity contribution >= 4 is 32.5 Å². The van der Waals surface area contributed by atoms with Crippen molar-refractivity contribution in [3.8, 4) is 28.6 Å². The van der Waals surface area contributed by atoms with E-state index in [1.807, 2.05) is 37.3 Å². The van der Waals surface area contributed by atoms with Crippen molar-refractivity contribution in [2.75, 3.05) is 0 Å². The van der Waals surface area contributed by atoms with Gasteiger partial charge in [0, 0.05) is 26.6 Å². The van der Waals surface area contributed by atoms with Crippen LogP contribution >= 0.6 is 11.3 Å². The summed E-state index contributed by atoms with van der Waals surface area (Å²) >= 11 is 1.65. The number of aromatic hydroxyl groups is 2. The lowest BCUT2D eigenvalue weighted by atomic mass is 10.1. The van der Waals surface area contributed by atoms with Crippen LogP contribution in [0.2, 0.25) is 0 Å². The van der Waals surface area contributed by atoms with Crippen molar-refractivity contribution in [3.05, 3.63) is 59.7 Å². The molecule has 0 spiro atoms. The Morgan fingerprint density at radius 3 is 2.85 bits per heavy atom. The largest absolute Gasteiger partial charge is 0.503 e. The first-order chi connectivity index (χ1) is 12.6. The fourth-order valence-corrected chi connectivity index (χ4v) is 4.40. The van der Waals surface area contributed by atoms with Gasteiger partial charge in [0.05, 0.1) is 28.7 Å². The molecule has 128 valence electrons. The fraction of sp³-hybridized carbons (Fsp3) is 0.0500. The Morgan fingerprint density at radius 2 is 1.96 bits per heavy atom. The molecular formula is C20H15N3O2S. The Bertz CT molecular complexity index is 1280. The average molecular weight is 361 g/mol. The Balaban J connectivity index is 1.84. The van der Waals surface area contributed by atoms with Crippen LogP contribution in [0.4, 0.5) is 0 Å². The van der Waals surface area contributed by atoms with Gasteiger partial charge in [-0.3, -0.25) is 4.57 Å². The van der Waals surface area contributed by atoms with Crippen molar-refractivity contribution in [1.29, 1.82) is 0 Å². The molecule has 0 aliphatic heterocycles. The van der Waals surface area contributed by atoms with Crippen molar-refractivity contribution in [3.63, 3.8) is 0 Å². The minimum atomic E-state index is -0.161. The number of hydrogen-bond donors (Lipinski definition) is 3. The van der Waals surface area contributed by atoms with Crippen LogP contribution in [0.15, 0.2) is 54.2 Å². The zero-order valence-corrected chi connectivity index (χ0v) is 14.7. The van der Waals surface area contributed by atoms with E-state index in [1.165, 1.54) is 0 Å². The van der Waals surface area contributed by atoms with E-state index in [0.717, 1.165) is 38.1 Å². The van der Waals surface area contributed by atoms with Crippen LogP contribution in [0.5, 0.6) is 11.6 Å². The Hall–Kier alpha value is -3.25. The summed E-state index contributed by atoms with van der Waals surface area (Å²) in [6.45, 7) is 1.82. The van der Waals surface area contributed by atoms with Crippen LogP contribution in [0, 0.1) is 6.92 Å². The zero-order valence-electron chi connectivity index (χ0n) is 13.9. The summed E-state index contributed by atoms with van der Waals surface area (Å²) in [6, 6.07) is 13.8. The number of rotatable bonds is 2. The van der Waals surface area contributed by atoms with E-state index in [4.69, 9.17) is 0 Å². The number of imidazole rings is 1. The highest BCUT2D eigenvalue weighted by Crippen LogP contribution is 2.45. The van der Waals surface area contributed by atoms with Gasteiger partial charge in [-0.25, -0.2) is 4.98 Å². The second-order valence-corrected chi connectivity index (χ2v) is 7.14. The van der Waals surface area contributed by atoms with Gasteiger partial charge >= 0.3 is 0 Å². The molecular weight excluding hydrogens is 346 g/mol. The summed E-state index contributed by atoms with van der Waals surface area (Å²) in [5.74, 6) is -0.258. The molecule has 3 heterocycles. The van der Waals surface area contributed by atoms with Crippen LogP contribution in [0.1, 0.15) is 5.56 Å². The number of fused-ring (bicyclic) bond motifs is 2. The minimum Gasteiger partial charge on any atom is -0.503 e. The van der Waals surface area contributed by atoms with Gasteiger partial charge in [-0.05, 0) is 31.2 Å². The smallest absolute Gasteiger partial charge is 0.240 e. The summed E-state index contributed by atoms with van der Waals surface area (Å²) in [6.07, 6.45) is 1.64. The third-order valence-electron chi connectivity index (χ3n) is 4.76. The highest BCUT2D eigenvalue weighted by Gasteiger charge is 2.23. The predicted molar refractivity (Wildman–Crippen MR) is 104 cm³/mol. The summed E-state index contributed by atoms with van der Waals surface area (Å²) in [5.41, 5.74) is 4.90. The van der Waals surface area contributed by atoms with E-state index < -0.39 is 0 Å². The standard InChI is InChI=1S/C20H15N3O2S/c1-11-18(14-9-26-17-5-3-2-4-13(14)17)23(20(25)19(11)24)12-6-7-15-16(8-12)22-10-21-15/h2-10,24-25H,1H3,(H,21,22). The van der Waals surface area contributed by atoms with E-state index in [1.54, 1.807) is 22.2 Å². The normalized spacial score (nSPS) is 11.6. The van der Waals surface area contributed by atoms with Gasteiger partial charge in [-0.1, -0.05) is 18.2 Å². The molecule has 2 aromatic carbocycles. The van der Waals surface area contributed by atoms with E-state index >= 15 is 0 Å². The first-order valence-electron chi connectivity index (χ1n) is 8.18. The summed E-state index contributed by atoms with van der Waals surface area (Å²) < 4.78 is 2.86. The lowest BCUT2D eigenvalue weighted by Crippen LogP contribution is -1.97. The first kappa shape index (κ1) is 15.0. The lowest BCUT2D eigenvalue weighted by molar-refractivity contribution is 0.386. The van der Waals surface area contributed by atoms with Crippen molar-refractivity contribution in [2.45, 2.75) is 6.92 Å². The predicted octanol–water partition coefficient (Wildman–Crippen LogP) is 4.95. The number of nitrogens with one attached hydrogen (secondary N) is 1. The molecule has 5 aromatic rings. The summed E-state index contributed by atoms with van der Waals surface area (Å²) in [5, 5.41) is 24.2. The van der Waals surface area contributed by atoms with Crippen molar-refractivity contribution in [1.82, 2.24) is 14.5 Å². The average Bonchev–Trinajstić information content (AvgIpc) is 3.34. The molecule has 0 radical (unpaired) electrons. The van der Waals surface area contributed by atoms with Gasteiger partial charge in [-0.2, -0.15) is 0 Å². The molecule has 0 fully saturated rings. The number of aromatic amines is 1. The molecule has 5 nitrogen and oxygen atoms in total. The maximum atomic E-state index is 10.6. The van der Waals surface area contributed by atoms with Crippen LogP contribution < -0.4 is 0 Å². The number of thiophene rings is 1. The quantitative estimate of drug-likeness (QED) is 0.416. The third-order valence-corrected chi connectivity index (χ3v) is 5.72. The molecule has 26 heavy (non-hydrogen) atoms. The van der Waals surface area contributed by atoms with Gasteiger partial charge in [0.25, 0.3) is 0 Å². The molecule has 3 N–H and O–H groups in total. The van der Waals surface area contributed by atoms with Gasteiger partial charge in [0.15, 0.2) is 5.75 Å². The monoisotopic (exact) mass is 361 g/mol. The van der Waals surface area contributed by atoms with Gasteiger partial charge < -0.3 is 15.2 Å². The third kappa shape index (κ3) is 1.99. The molecule has 0 saturated heterocycles. The highest BCUT2D eigenvalue weighted by atomic mass is 32.1. The second-order valence-electron chi connectivity index (χ2n) is 6.23. The molecule has 0 unspecified atom stereocenters. The van der Waals surface area contributed by atoms with E-state index in [9.17, 15) is 10.2 Å². The van der Waals surface area contributed by atoms with E-state index in [-0.39, 0.29) is 11.6 Å². The summed E-state index contributed by atoms with van der Waals surface area (Å²) in [7, 11) is 0.